The van der Waals surface area contributed by atoms with Gasteiger partial charge in [-0.25, -0.2) is 0 Å². The van der Waals surface area contributed by atoms with E-state index < -0.39 is 0 Å². The molecule has 114 valence electrons. The van der Waals surface area contributed by atoms with Crippen molar-refractivity contribution in [2.24, 2.45) is 17.6 Å². The molecule has 1 fully saturated rings. The van der Waals surface area contributed by atoms with E-state index in [1.165, 1.54) is 0 Å². The van der Waals surface area contributed by atoms with Crippen molar-refractivity contribution in [3.8, 4) is 0 Å². The van der Waals surface area contributed by atoms with E-state index in [4.69, 9.17) is 5.73 Å². The van der Waals surface area contributed by atoms with Crippen molar-refractivity contribution in [1.29, 1.82) is 0 Å². The Bertz CT molecular complexity index is 533. The van der Waals surface area contributed by atoms with E-state index >= 15 is 0 Å². The van der Waals surface area contributed by atoms with Gasteiger partial charge in [0.1, 0.15) is 0 Å². The summed E-state index contributed by atoms with van der Waals surface area (Å²) < 4.78 is 0. The lowest BCUT2D eigenvalue weighted by atomic mass is 9.89. The second-order valence-electron chi connectivity index (χ2n) is 5.73. The van der Waals surface area contributed by atoms with Gasteiger partial charge in [-0.3, -0.25) is 9.59 Å². The van der Waals surface area contributed by atoms with E-state index in [1.54, 1.807) is 16.7 Å². The zero-order valence-electron chi connectivity index (χ0n) is 12.5. The molecule has 1 saturated heterocycles. The van der Waals surface area contributed by atoms with E-state index in [1.807, 2.05) is 30.5 Å². The summed E-state index contributed by atoms with van der Waals surface area (Å²) in [6, 6.07) is 7.94. The zero-order valence-corrected chi connectivity index (χ0v) is 13.4. The zero-order chi connectivity index (χ0) is 15.4. The molecule has 0 saturated carbocycles. The number of nitrogens with two attached hydrogens (primary N) is 1. The molecule has 0 radical (unpaired) electrons. The van der Waals surface area contributed by atoms with Crippen molar-refractivity contribution in [1.82, 2.24) is 4.90 Å². The molecule has 2 amide bonds. The summed E-state index contributed by atoms with van der Waals surface area (Å²) in [6.07, 6.45) is 3.17. The first-order valence-electron chi connectivity index (χ1n) is 7.20. The summed E-state index contributed by atoms with van der Waals surface area (Å²) in [4.78, 5) is 26.8. The number of nitrogens with zero attached hydrogens (tertiary/aromatic N) is 1. The third kappa shape index (κ3) is 4.00. The summed E-state index contributed by atoms with van der Waals surface area (Å²) in [6.45, 7) is 3.23. The second-order valence-corrected chi connectivity index (χ2v) is 6.58. The number of likely N-dealkylation sites (tertiary alicyclic amines) is 1. The molecule has 4 nitrogen and oxygen atoms in total. The average Bonchev–Trinajstić information content (AvgIpc) is 2.47. The lowest BCUT2D eigenvalue weighted by Gasteiger charge is -2.35. The van der Waals surface area contributed by atoms with Gasteiger partial charge >= 0.3 is 0 Å². The molecule has 2 atom stereocenters. The highest BCUT2D eigenvalue weighted by Gasteiger charge is 2.30. The number of thioether (sulfide) groups is 1. The van der Waals surface area contributed by atoms with Crippen LogP contribution in [0.5, 0.6) is 0 Å². The maximum Gasteiger partial charge on any atom is 0.227 e. The monoisotopic (exact) mass is 306 g/mol. The molecule has 0 aliphatic carbocycles. The van der Waals surface area contributed by atoms with E-state index in [0.29, 0.717) is 25.4 Å². The van der Waals surface area contributed by atoms with Gasteiger partial charge in [0.25, 0.3) is 0 Å². The Labute approximate surface area is 130 Å². The highest BCUT2D eigenvalue weighted by Crippen LogP contribution is 2.24. The fourth-order valence-corrected chi connectivity index (χ4v) is 3.50. The number of hydrogen-bond donors (Lipinski definition) is 1. The SMILES string of the molecule is CSc1ccccc1CC(=O)N1C[C@@H](C)C[C@H](C(N)=O)C1. The Kier molecular flexibility index (Phi) is 5.28. The second kappa shape index (κ2) is 6.98. The first kappa shape index (κ1) is 15.9. The van der Waals surface area contributed by atoms with E-state index in [0.717, 1.165) is 16.9 Å². The first-order chi connectivity index (χ1) is 10.0. The highest BCUT2D eigenvalue weighted by atomic mass is 32.2. The maximum absolute atomic E-state index is 12.5. The minimum absolute atomic E-state index is 0.0781. The maximum atomic E-state index is 12.5. The number of rotatable bonds is 4. The van der Waals surface area contributed by atoms with Crippen LogP contribution in [0.2, 0.25) is 0 Å². The van der Waals surface area contributed by atoms with Crippen LogP contribution >= 0.6 is 11.8 Å². The molecule has 0 spiro atoms. The van der Waals surface area contributed by atoms with Gasteiger partial charge in [-0.1, -0.05) is 25.1 Å². The van der Waals surface area contributed by atoms with Crippen molar-refractivity contribution in [2.45, 2.75) is 24.7 Å². The predicted molar refractivity (Wildman–Crippen MR) is 85.0 cm³/mol. The summed E-state index contributed by atoms with van der Waals surface area (Å²) in [5.41, 5.74) is 6.45. The first-order valence-corrected chi connectivity index (χ1v) is 8.42. The number of carbonyl (C=O) groups excluding carboxylic acids is 2. The van der Waals surface area contributed by atoms with Crippen molar-refractivity contribution >= 4 is 23.6 Å². The Morgan fingerprint density at radius 2 is 2.05 bits per heavy atom. The number of carbonyl (C=O) groups is 2. The largest absolute Gasteiger partial charge is 0.369 e. The Balaban J connectivity index is 2.07. The van der Waals surface area contributed by atoms with E-state index in [9.17, 15) is 9.59 Å². The summed E-state index contributed by atoms with van der Waals surface area (Å²) in [5.74, 6) is -0.123. The van der Waals surface area contributed by atoms with Crippen molar-refractivity contribution in [3.05, 3.63) is 29.8 Å². The molecular weight excluding hydrogens is 284 g/mol. The summed E-state index contributed by atoms with van der Waals surface area (Å²) >= 11 is 1.65. The van der Waals surface area contributed by atoms with E-state index in [-0.39, 0.29) is 17.7 Å². The molecular formula is C16H22N2O2S. The molecule has 1 aliphatic rings. The molecule has 0 bridgehead atoms. The van der Waals surface area contributed by atoms with Crippen LogP contribution in [0.4, 0.5) is 0 Å². The third-order valence-electron chi connectivity index (χ3n) is 3.95. The van der Waals surface area contributed by atoms with Gasteiger partial charge in [0.05, 0.1) is 12.3 Å². The number of piperidine rings is 1. The van der Waals surface area contributed by atoms with Crippen LogP contribution in [0.1, 0.15) is 18.9 Å². The lowest BCUT2D eigenvalue weighted by Crippen LogP contribution is -2.47. The van der Waals surface area contributed by atoms with Crippen molar-refractivity contribution in [3.63, 3.8) is 0 Å². The highest BCUT2D eigenvalue weighted by molar-refractivity contribution is 7.98. The summed E-state index contributed by atoms with van der Waals surface area (Å²) in [5, 5.41) is 0. The average molecular weight is 306 g/mol. The molecule has 2 N–H and O–H groups in total. The lowest BCUT2D eigenvalue weighted by molar-refractivity contribution is -0.135. The molecule has 1 heterocycles. The summed E-state index contributed by atoms with van der Waals surface area (Å²) in [7, 11) is 0. The standard InChI is InChI=1S/C16H22N2O2S/c1-11-7-13(16(17)20)10-18(9-11)15(19)8-12-5-3-4-6-14(12)21-2/h3-6,11,13H,7-10H2,1-2H3,(H2,17,20)/t11-,13-/m0/s1. The molecule has 0 aromatic heterocycles. The van der Waals surface area contributed by atoms with Crippen LogP contribution in [0, 0.1) is 11.8 Å². The minimum atomic E-state index is -0.302. The smallest absolute Gasteiger partial charge is 0.227 e. The van der Waals surface area contributed by atoms with E-state index in [2.05, 4.69) is 6.92 Å². The molecule has 5 heteroatoms. The normalized spacial score (nSPS) is 22.1. The number of hydrogen-bond acceptors (Lipinski definition) is 3. The van der Waals surface area contributed by atoms with Gasteiger partial charge < -0.3 is 10.6 Å². The topological polar surface area (TPSA) is 63.4 Å². The Hall–Kier alpha value is -1.49. The van der Waals surface area contributed by atoms with Crippen molar-refractivity contribution in [2.75, 3.05) is 19.3 Å². The molecule has 1 aromatic rings. The van der Waals surface area contributed by atoms with Crippen molar-refractivity contribution < 1.29 is 9.59 Å². The Morgan fingerprint density at radius 1 is 1.33 bits per heavy atom. The molecule has 0 unspecified atom stereocenters. The van der Waals surface area contributed by atoms with Crippen LogP contribution in [0.15, 0.2) is 29.2 Å². The fourth-order valence-electron chi connectivity index (χ4n) is 2.89. The Morgan fingerprint density at radius 3 is 2.71 bits per heavy atom. The molecule has 1 aromatic carbocycles. The number of benzene rings is 1. The van der Waals surface area contributed by atoms with Crippen LogP contribution in [0.3, 0.4) is 0 Å². The number of amides is 2. The van der Waals surface area contributed by atoms with Gasteiger partial charge in [-0.2, -0.15) is 0 Å². The molecule has 21 heavy (non-hydrogen) atoms. The molecule has 2 rings (SSSR count). The van der Waals surface area contributed by atoms with Crippen LogP contribution in [0.25, 0.3) is 0 Å². The van der Waals surface area contributed by atoms with Crippen LogP contribution in [-0.4, -0.2) is 36.1 Å². The van der Waals surface area contributed by atoms with Gasteiger partial charge in [0.2, 0.25) is 11.8 Å². The molecule has 1 aliphatic heterocycles. The predicted octanol–water partition coefficient (Wildman–Crippen LogP) is 1.92. The third-order valence-corrected chi connectivity index (χ3v) is 4.79. The number of primary amides is 1. The van der Waals surface area contributed by atoms with Gasteiger partial charge in [0.15, 0.2) is 0 Å². The van der Waals surface area contributed by atoms with Gasteiger partial charge in [-0.15, -0.1) is 11.8 Å². The van der Waals surface area contributed by atoms with Crippen LogP contribution in [-0.2, 0) is 16.0 Å². The fraction of sp³-hybridized carbons (Fsp3) is 0.500. The van der Waals surface area contributed by atoms with Crippen LogP contribution < -0.4 is 5.73 Å². The minimum Gasteiger partial charge on any atom is -0.369 e. The quantitative estimate of drug-likeness (QED) is 0.864. The van der Waals surface area contributed by atoms with Gasteiger partial charge in [0, 0.05) is 18.0 Å². The van der Waals surface area contributed by atoms with Gasteiger partial charge in [-0.05, 0) is 30.2 Å².